The van der Waals surface area contributed by atoms with Gasteiger partial charge in [0.15, 0.2) is 0 Å². The van der Waals surface area contributed by atoms with E-state index in [2.05, 4.69) is 59.4 Å². The van der Waals surface area contributed by atoms with E-state index in [4.69, 9.17) is 0 Å². The predicted molar refractivity (Wildman–Crippen MR) is 83.4 cm³/mol. The number of nitrogens with zero attached hydrogens (tertiary/aromatic N) is 2. The molecule has 3 nitrogen and oxygen atoms in total. The maximum absolute atomic E-state index is 4.62. The Labute approximate surface area is 120 Å². The van der Waals surface area contributed by atoms with Crippen LogP contribution in [0.1, 0.15) is 25.0 Å². The van der Waals surface area contributed by atoms with Crippen molar-refractivity contribution in [2.24, 2.45) is 0 Å². The van der Waals surface area contributed by atoms with Crippen molar-refractivity contribution in [3.05, 3.63) is 53.7 Å². The van der Waals surface area contributed by atoms with Crippen LogP contribution in [0.2, 0.25) is 0 Å². The fraction of sp³-hybridized carbons (Fsp3) is 0.353. The van der Waals surface area contributed by atoms with E-state index in [1.165, 1.54) is 16.8 Å². The van der Waals surface area contributed by atoms with Crippen LogP contribution in [0.15, 0.2) is 42.6 Å². The third-order valence-electron chi connectivity index (χ3n) is 3.71. The average Bonchev–Trinajstić information content (AvgIpc) is 2.89. The Bertz CT molecular complexity index is 592. The molecule has 1 aliphatic heterocycles. The molecule has 0 atom stereocenters. The van der Waals surface area contributed by atoms with E-state index in [1.807, 2.05) is 12.3 Å². The Balaban J connectivity index is 1.91. The Morgan fingerprint density at radius 1 is 1.20 bits per heavy atom. The number of pyridine rings is 1. The number of fused-ring (bicyclic) bond motifs is 1. The van der Waals surface area contributed by atoms with Gasteiger partial charge < -0.3 is 10.2 Å². The van der Waals surface area contributed by atoms with Gasteiger partial charge in [0, 0.05) is 36.6 Å². The first-order chi connectivity index (χ1) is 9.75. The zero-order valence-corrected chi connectivity index (χ0v) is 12.1. The minimum atomic E-state index is 0.480. The molecule has 0 radical (unpaired) electrons. The quantitative estimate of drug-likeness (QED) is 0.921. The van der Waals surface area contributed by atoms with Gasteiger partial charge in [-0.3, -0.25) is 0 Å². The van der Waals surface area contributed by atoms with Gasteiger partial charge in [-0.15, -0.1) is 0 Å². The van der Waals surface area contributed by atoms with Crippen molar-refractivity contribution in [1.29, 1.82) is 0 Å². The maximum atomic E-state index is 4.62. The third-order valence-corrected chi connectivity index (χ3v) is 3.71. The highest BCUT2D eigenvalue weighted by Crippen LogP contribution is 2.34. The lowest BCUT2D eigenvalue weighted by molar-refractivity contribution is 0.588. The maximum Gasteiger partial charge on any atom is 0.137 e. The number of rotatable bonds is 4. The predicted octanol–water partition coefficient (Wildman–Crippen LogP) is 3.27. The summed E-state index contributed by atoms with van der Waals surface area (Å²) in [5.74, 6) is 1.09. The number of aromatic nitrogens is 1. The molecule has 0 spiro atoms. The van der Waals surface area contributed by atoms with E-state index in [-0.39, 0.29) is 0 Å². The van der Waals surface area contributed by atoms with Crippen LogP contribution in [0, 0.1) is 0 Å². The van der Waals surface area contributed by atoms with Crippen LogP contribution < -0.4 is 10.2 Å². The molecule has 3 heteroatoms. The van der Waals surface area contributed by atoms with Crippen molar-refractivity contribution in [2.75, 3.05) is 11.4 Å². The van der Waals surface area contributed by atoms with Crippen LogP contribution >= 0.6 is 0 Å². The van der Waals surface area contributed by atoms with Gasteiger partial charge in [0.25, 0.3) is 0 Å². The lowest BCUT2D eigenvalue weighted by Gasteiger charge is -2.22. The largest absolute Gasteiger partial charge is 0.326 e. The molecule has 0 unspecified atom stereocenters. The van der Waals surface area contributed by atoms with Crippen LogP contribution in [0.4, 0.5) is 11.5 Å². The zero-order valence-electron chi connectivity index (χ0n) is 12.1. The lowest BCUT2D eigenvalue weighted by Crippen LogP contribution is -2.24. The topological polar surface area (TPSA) is 28.2 Å². The molecule has 0 saturated carbocycles. The molecular weight excluding hydrogens is 246 g/mol. The highest BCUT2D eigenvalue weighted by Gasteiger charge is 2.22. The fourth-order valence-electron chi connectivity index (χ4n) is 2.68. The summed E-state index contributed by atoms with van der Waals surface area (Å²) in [5, 5.41) is 3.48. The van der Waals surface area contributed by atoms with Gasteiger partial charge in [-0.25, -0.2) is 4.98 Å². The number of anilines is 2. The molecule has 0 fully saturated rings. The third kappa shape index (κ3) is 2.54. The molecule has 0 bridgehead atoms. The van der Waals surface area contributed by atoms with Crippen molar-refractivity contribution in [3.8, 4) is 0 Å². The van der Waals surface area contributed by atoms with E-state index < -0.39 is 0 Å². The van der Waals surface area contributed by atoms with Crippen molar-refractivity contribution in [1.82, 2.24) is 10.3 Å². The number of hydrogen-bond donors (Lipinski definition) is 1. The first kappa shape index (κ1) is 13.1. The van der Waals surface area contributed by atoms with Gasteiger partial charge in [0.1, 0.15) is 5.82 Å². The summed E-state index contributed by atoms with van der Waals surface area (Å²) in [5.41, 5.74) is 3.98. The number of hydrogen-bond acceptors (Lipinski definition) is 3. The van der Waals surface area contributed by atoms with E-state index >= 15 is 0 Å². The van der Waals surface area contributed by atoms with Crippen molar-refractivity contribution in [3.63, 3.8) is 0 Å². The van der Waals surface area contributed by atoms with Gasteiger partial charge in [0.2, 0.25) is 0 Å². The van der Waals surface area contributed by atoms with Gasteiger partial charge >= 0.3 is 0 Å². The molecule has 0 amide bonds. The average molecular weight is 267 g/mol. The van der Waals surface area contributed by atoms with Crippen LogP contribution in [-0.4, -0.2) is 17.6 Å². The second-order valence-electron chi connectivity index (χ2n) is 5.55. The molecule has 1 aromatic carbocycles. The first-order valence-electron chi connectivity index (χ1n) is 7.28. The van der Waals surface area contributed by atoms with Crippen molar-refractivity contribution >= 4 is 11.5 Å². The molecule has 1 aliphatic rings. The summed E-state index contributed by atoms with van der Waals surface area (Å²) in [6.45, 7) is 6.22. The van der Waals surface area contributed by atoms with E-state index in [0.29, 0.717) is 6.04 Å². The summed E-state index contributed by atoms with van der Waals surface area (Å²) in [7, 11) is 0. The van der Waals surface area contributed by atoms with E-state index in [0.717, 1.165) is 25.3 Å². The summed E-state index contributed by atoms with van der Waals surface area (Å²) in [6, 6.07) is 13.3. The van der Waals surface area contributed by atoms with Crippen LogP contribution in [-0.2, 0) is 13.0 Å². The molecule has 1 aromatic heterocycles. The molecule has 1 N–H and O–H groups in total. The molecule has 20 heavy (non-hydrogen) atoms. The van der Waals surface area contributed by atoms with Crippen molar-refractivity contribution in [2.45, 2.75) is 32.9 Å². The SMILES string of the molecule is CC(C)NCc1cccnc1N1CCc2ccccc21. The summed E-state index contributed by atoms with van der Waals surface area (Å²) < 4.78 is 0. The number of para-hydroxylation sites is 1. The number of nitrogens with one attached hydrogen (secondary N) is 1. The fourth-order valence-corrected chi connectivity index (χ4v) is 2.68. The minimum absolute atomic E-state index is 0.480. The van der Waals surface area contributed by atoms with E-state index in [1.54, 1.807) is 0 Å². The normalized spacial score (nSPS) is 13.8. The molecule has 104 valence electrons. The highest BCUT2D eigenvalue weighted by atomic mass is 15.2. The minimum Gasteiger partial charge on any atom is -0.326 e. The standard InChI is InChI=1S/C17H21N3/c1-13(2)19-12-15-7-5-10-18-17(15)20-11-9-14-6-3-4-8-16(14)20/h3-8,10,13,19H,9,11-12H2,1-2H3. The lowest BCUT2D eigenvalue weighted by atomic mass is 10.2. The van der Waals surface area contributed by atoms with Crippen molar-refractivity contribution < 1.29 is 0 Å². The van der Waals surface area contributed by atoms with Gasteiger partial charge in [-0.2, -0.15) is 0 Å². The Kier molecular flexibility index (Phi) is 3.70. The Morgan fingerprint density at radius 3 is 2.90 bits per heavy atom. The smallest absolute Gasteiger partial charge is 0.137 e. The zero-order chi connectivity index (χ0) is 13.9. The second-order valence-corrected chi connectivity index (χ2v) is 5.55. The Morgan fingerprint density at radius 2 is 2.05 bits per heavy atom. The Hall–Kier alpha value is -1.87. The second kappa shape index (κ2) is 5.63. The number of benzene rings is 1. The first-order valence-corrected chi connectivity index (χ1v) is 7.28. The molecule has 2 heterocycles. The van der Waals surface area contributed by atoms with Gasteiger partial charge in [-0.1, -0.05) is 38.1 Å². The summed E-state index contributed by atoms with van der Waals surface area (Å²) in [4.78, 5) is 6.96. The molecule has 3 rings (SSSR count). The molecule has 0 aliphatic carbocycles. The molecule has 2 aromatic rings. The highest BCUT2D eigenvalue weighted by molar-refractivity contribution is 5.69. The summed E-state index contributed by atoms with van der Waals surface area (Å²) in [6.07, 6.45) is 2.99. The van der Waals surface area contributed by atoms with Gasteiger partial charge in [-0.05, 0) is 24.1 Å². The van der Waals surface area contributed by atoms with Crippen LogP contribution in [0.5, 0.6) is 0 Å². The van der Waals surface area contributed by atoms with Crippen LogP contribution in [0.3, 0.4) is 0 Å². The van der Waals surface area contributed by atoms with Crippen LogP contribution in [0.25, 0.3) is 0 Å². The molecule has 0 saturated heterocycles. The summed E-state index contributed by atoms with van der Waals surface area (Å²) >= 11 is 0. The molecular formula is C17H21N3. The monoisotopic (exact) mass is 267 g/mol. The van der Waals surface area contributed by atoms with E-state index in [9.17, 15) is 0 Å². The van der Waals surface area contributed by atoms with Gasteiger partial charge in [0.05, 0.1) is 0 Å².